The lowest BCUT2D eigenvalue weighted by molar-refractivity contribution is 0.396. The van der Waals surface area contributed by atoms with Crippen molar-refractivity contribution >= 4 is 22.0 Å². The fourth-order valence-corrected chi connectivity index (χ4v) is 1.80. The van der Waals surface area contributed by atoms with Crippen molar-refractivity contribution in [3.8, 4) is 11.5 Å². The van der Waals surface area contributed by atoms with Gasteiger partial charge in [0.25, 0.3) is 0 Å². The second-order valence-corrected chi connectivity index (χ2v) is 3.46. The minimum absolute atomic E-state index is 0.213. The van der Waals surface area contributed by atoms with Crippen LogP contribution in [0.15, 0.2) is 21.6 Å². The Hall–Kier alpha value is -1.32. The highest BCUT2D eigenvalue weighted by atomic mass is 79.9. The summed E-state index contributed by atoms with van der Waals surface area (Å²) >= 11 is 3.37. The van der Waals surface area contributed by atoms with Crippen molar-refractivity contribution in [1.29, 1.82) is 0 Å². The lowest BCUT2D eigenvalue weighted by Gasteiger charge is -2.11. The first-order chi connectivity index (χ1) is 7.24. The van der Waals surface area contributed by atoms with Crippen LogP contribution in [0.3, 0.4) is 0 Å². The van der Waals surface area contributed by atoms with Crippen LogP contribution < -0.4 is 9.47 Å². The van der Waals surface area contributed by atoms with Gasteiger partial charge in [0.2, 0.25) is 6.08 Å². The molecule has 0 N–H and O–H groups in total. The largest absolute Gasteiger partial charge is 0.496 e. The van der Waals surface area contributed by atoms with Gasteiger partial charge in [0.05, 0.1) is 25.2 Å². The first kappa shape index (κ1) is 11.8. The van der Waals surface area contributed by atoms with Gasteiger partial charge in [-0.25, -0.2) is 9.79 Å². The van der Waals surface area contributed by atoms with Crippen LogP contribution in [0.1, 0.15) is 5.56 Å². The molecule has 0 saturated heterocycles. The smallest absolute Gasteiger partial charge is 0.235 e. The van der Waals surface area contributed by atoms with E-state index in [-0.39, 0.29) is 6.54 Å². The maximum Gasteiger partial charge on any atom is 0.235 e. The molecule has 0 radical (unpaired) electrons. The molecule has 0 aliphatic heterocycles. The second kappa shape index (κ2) is 5.53. The average Bonchev–Trinajstić information content (AvgIpc) is 2.27. The molecule has 0 heterocycles. The minimum Gasteiger partial charge on any atom is -0.496 e. The van der Waals surface area contributed by atoms with E-state index >= 15 is 0 Å². The normalized spacial score (nSPS) is 9.27. The number of aliphatic imine (C=N–C) groups is 1. The number of methoxy groups -OCH3 is 2. The van der Waals surface area contributed by atoms with Crippen LogP contribution in [0.25, 0.3) is 0 Å². The molecule has 5 heteroatoms. The number of isocyanates is 1. The van der Waals surface area contributed by atoms with E-state index in [1.54, 1.807) is 26.4 Å². The predicted molar refractivity (Wildman–Crippen MR) is 59.1 cm³/mol. The topological polar surface area (TPSA) is 47.9 Å². The molecule has 0 aliphatic rings. The zero-order valence-corrected chi connectivity index (χ0v) is 10.00. The van der Waals surface area contributed by atoms with Crippen LogP contribution >= 0.6 is 15.9 Å². The Labute approximate surface area is 96.0 Å². The monoisotopic (exact) mass is 271 g/mol. The standard InChI is InChI=1S/C10H10BrNO3/c1-14-8-3-4-9(15-2)10(11)7(8)5-12-6-13/h3-4H,5H2,1-2H3. The lowest BCUT2D eigenvalue weighted by Crippen LogP contribution is -1.95. The summed E-state index contributed by atoms with van der Waals surface area (Å²) in [4.78, 5) is 13.6. The molecule has 0 fully saturated rings. The molecule has 15 heavy (non-hydrogen) atoms. The Balaban J connectivity index is 3.21. The van der Waals surface area contributed by atoms with E-state index in [1.807, 2.05) is 0 Å². The van der Waals surface area contributed by atoms with Gasteiger partial charge in [-0.2, -0.15) is 0 Å². The maximum atomic E-state index is 10.1. The highest BCUT2D eigenvalue weighted by molar-refractivity contribution is 9.10. The number of carbonyl (C=O) groups excluding carboxylic acids is 1. The van der Waals surface area contributed by atoms with E-state index in [4.69, 9.17) is 9.47 Å². The number of hydrogen-bond donors (Lipinski definition) is 0. The SMILES string of the molecule is COc1ccc(OC)c(CN=C=O)c1Br. The fraction of sp³-hybridized carbons (Fsp3) is 0.300. The molecule has 1 aromatic carbocycles. The molecule has 1 aromatic rings. The van der Waals surface area contributed by atoms with E-state index in [1.165, 1.54) is 6.08 Å². The Morgan fingerprint density at radius 1 is 1.33 bits per heavy atom. The third kappa shape index (κ3) is 2.58. The predicted octanol–water partition coefficient (Wildman–Crippen LogP) is 2.30. The van der Waals surface area contributed by atoms with Crippen molar-refractivity contribution in [2.45, 2.75) is 6.54 Å². The average molecular weight is 272 g/mol. The van der Waals surface area contributed by atoms with E-state index in [2.05, 4.69) is 20.9 Å². The highest BCUT2D eigenvalue weighted by Crippen LogP contribution is 2.35. The molecular weight excluding hydrogens is 262 g/mol. The van der Waals surface area contributed by atoms with E-state index in [0.29, 0.717) is 11.5 Å². The number of benzene rings is 1. The Morgan fingerprint density at radius 3 is 2.47 bits per heavy atom. The minimum atomic E-state index is 0.213. The Morgan fingerprint density at radius 2 is 1.93 bits per heavy atom. The Bertz CT molecular complexity index is 400. The third-order valence-electron chi connectivity index (χ3n) is 1.91. The quantitative estimate of drug-likeness (QED) is 0.624. The highest BCUT2D eigenvalue weighted by Gasteiger charge is 2.11. The summed E-state index contributed by atoms with van der Waals surface area (Å²) in [7, 11) is 3.13. The van der Waals surface area contributed by atoms with E-state index < -0.39 is 0 Å². The molecule has 0 saturated carbocycles. The van der Waals surface area contributed by atoms with Crippen LogP contribution in [0, 0.1) is 0 Å². The fourth-order valence-electron chi connectivity index (χ4n) is 1.19. The number of hydrogen-bond acceptors (Lipinski definition) is 4. The van der Waals surface area contributed by atoms with Crippen molar-refractivity contribution in [3.05, 3.63) is 22.2 Å². The van der Waals surface area contributed by atoms with Crippen molar-refractivity contribution < 1.29 is 14.3 Å². The summed E-state index contributed by atoms with van der Waals surface area (Å²) in [5, 5.41) is 0. The summed E-state index contributed by atoms with van der Waals surface area (Å²) in [6.45, 7) is 0.213. The van der Waals surface area contributed by atoms with Gasteiger partial charge < -0.3 is 9.47 Å². The molecule has 4 nitrogen and oxygen atoms in total. The summed E-state index contributed by atoms with van der Waals surface area (Å²) in [5.74, 6) is 1.33. The molecular formula is C10H10BrNO3. The van der Waals surface area contributed by atoms with Crippen molar-refractivity contribution in [2.75, 3.05) is 14.2 Å². The van der Waals surface area contributed by atoms with Crippen LogP contribution in [0.4, 0.5) is 0 Å². The van der Waals surface area contributed by atoms with Crippen molar-refractivity contribution in [3.63, 3.8) is 0 Å². The van der Waals surface area contributed by atoms with Gasteiger partial charge in [0.15, 0.2) is 0 Å². The molecule has 0 aliphatic carbocycles. The second-order valence-electron chi connectivity index (χ2n) is 2.67. The molecule has 0 amide bonds. The number of rotatable bonds is 4. The zero-order chi connectivity index (χ0) is 11.3. The van der Waals surface area contributed by atoms with Gasteiger partial charge in [-0.05, 0) is 28.1 Å². The molecule has 80 valence electrons. The third-order valence-corrected chi connectivity index (χ3v) is 2.78. The van der Waals surface area contributed by atoms with Crippen molar-refractivity contribution in [1.82, 2.24) is 0 Å². The van der Waals surface area contributed by atoms with E-state index in [9.17, 15) is 4.79 Å². The first-order valence-corrected chi connectivity index (χ1v) is 4.96. The Kier molecular flexibility index (Phi) is 4.34. The summed E-state index contributed by atoms with van der Waals surface area (Å²) in [5.41, 5.74) is 0.764. The van der Waals surface area contributed by atoms with Crippen LogP contribution in [-0.4, -0.2) is 20.3 Å². The van der Waals surface area contributed by atoms with Crippen LogP contribution in [0.2, 0.25) is 0 Å². The zero-order valence-electron chi connectivity index (χ0n) is 8.41. The van der Waals surface area contributed by atoms with Gasteiger partial charge in [-0.15, -0.1) is 0 Å². The van der Waals surface area contributed by atoms with Gasteiger partial charge in [0, 0.05) is 5.56 Å². The van der Waals surface area contributed by atoms with Crippen molar-refractivity contribution in [2.24, 2.45) is 4.99 Å². The molecule has 0 aromatic heterocycles. The van der Waals surface area contributed by atoms with Gasteiger partial charge in [-0.3, -0.25) is 0 Å². The lowest BCUT2D eigenvalue weighted by atomic mass is 10.2. The number of nitrogens with zero attached hydrogens (tertiary/aromatic N) is 1. The van der Waals surface area contributed by atoms with Gasteiger partial charge in [-0.1, -0.05) is 0 Å². The molecule has 0 bridgehead atoms. The molecule has 1 rings (SSSR count). The van der Waals surface area contributed by atoms with Crippen LogP contribution in [0.5, 0.6) is 11.5 Å². The summed E-state index contributed by atoms with van der Waals surface area (Å²) < 4.78 is 11.0. The number of ether oxygens (including phenoxy) is 2. The number of halogens is 1. The molecule has 0 atom stereocenters. The van der Waals surface area contributed by atoms with Gasteiger partial charge in [0.1, 0.15) is 11.5 Å². The van der Waals surface area contributed by atoms with Gasteiger partial charge >= 0.3 is 0 Å². The summed E-state index contributed by atoms with van der Waals surface area (Å²) in [6, 6.07) is 3.54. The maximum absolute atomic E-state index is 10.1. The summed E-state index contributed by atoms with van der Waals surface area (Å²) in [6.07, 6.45) is 1.49. The van der Waals surface area contributed by atoms with Crippen LogP contribution in [-0.2, 0) is 11.3 Å². The van der Waals surface area contributed by atoms with E-state index in [0.717, 1.165) is 10.0 Å². The molecule has 0 unspecified atom stereocenters. The first-order valence-electron chi connectivity index (χ1n) is 4.17. The molecule has 0 spiro atoms.